The number of nitrogens with two attached hydrogens (primary N) is 2. The number of carbonyl (C=O) groups is 1. The number of nitrogen functional groups attached to an aromatic ring is 1. The van der Waals surface area contributed by atoms with Crippen LogP contribution in [0.1, 0.15) is 29.1 Å². The molecule has 0 aliphatic heterocycles. The van der Waals surface area contributed by atoms with Gasteiger partial charge in [-0.25, -0.2) is 0 Å². The number of thiophene rings is 1. The van der Waals surface area contributed by atoms with Gasteiger partial charge < -0.3 is 16.4 Å². The third-order valence-corrected chi connectivity index (χ3v) is 4.01. The van der Waals surface area contributed by atoms with Crippen LogP contribution in [0, 0.1) is 0 Å². The molecule has 2 aromatic rings. The number of primary amides is 1. The first-order valence-electron chi connectivity index (χ1n) is 6.47. The summed E-state index contributed by atoms with van der Waals surface area (Å²) in [4.78, 5) is 14.7. The first-order valence-corrected chi connectivity index (χ1v) is 7.35. The summed E-state index contributed by atoms with van der Waals surface area (Å²) in [5, 5.41) is 2.06. The number of carbonyl (C=O) groups excluding carboxylic acids is 1. The Bertz CT molecular complexity index is 593. The number of rotatable bonds is 5. The minimum atomic E-state index is -0.461. The molecule has 1 aromatic heterocycles. The number of benzene rings is 1. The van der Waals surface area contributed by atoms with Gasteiger partial charge in [0.1, 0.15) is 0 Å². The van der Waals surface area contributed by atoms with E-state index in [2.05, 4.69) is 30.2 Å². The molecule has 0 radical (unpaired) electrons. The Kier molecular flexibility index (Phi) is 4.29. The van der Waals surface area contributed by atoms with E-state index in [-0.39, 0.29) is 0 Å². The van der Waals surface area contributed by atoms with E-state index >= 15 is 0 Å². The SMILES string of the molecule is CC(C)N(Cc1cccs1)c1ccc(C(N)=O)cc1N. The highest BCUT2D eigenvalue weighted by Gasteiger charge is 2.15. The zero-order chi connectivity index (χ0) is 14.7. The molecule has 5 heteroatoms. The largest absolute Gasteiger partial charge is 0.397 e. The first-order chi connectivity index (χ1) is 9.49. The number of hydrogen-bond donors (Lipinski definition) is 2. The fourth-order valence-corrected chi connectivity index (χ4v) is 2.79. The summed E-state index contributed by atoms with van der Waals surface area (Å²) in [5.74, 6) is -0.461. The molecule has 0 bridgehead atoms. The van der Waals surface area contributed by atoms with Crippen molar-refractivity contribution in [1.29, 1.82) is 0 Å². The second-order valence-electron chi connectivity index (χ2n) is 4.94. The summed E-state index contributed by atoms with van der Waals surface area (Å²) < 4.78 is 0. The van der Waals surface area contributed by atoms with Crippen molar-refractivity contribution in [3.63, 3.8) is 0 Å². The monoisotopic (exact) mass is 289 g/mol. The summed E-state index contributed by atoms with van der Waals surface area (Å²) in [6.07, 6.45) is 0. The van der Waals surface area contributed by atoms with Crippen molar-refractivity contribution >= 4 is 28.6 Å². The van der Waals surface area contributed by atoms with Crippen LogP contribution in [0.15, 0.2) is 35.7 Å². The number of anilines is 2. The van der Waals surface area contributed by atoms with Crippen molar-refractivity contribution in [1.82, 2.24) is 0 Å². The Hall–Kier alpha value is -2.01. The minimum Gasteiger partial charge on any atom is -0.397 e. The molecular weight excluding hydrogens is 270 g/mol. The summed E-state index contributed by atoms with van der Waals surface area (Å²) >= 11 is 1.72. The Morgan fingerprint density at radius 1 is 1.35 bits per heavy atom. The average Bonchev–Trinajstić information content (AvgIpc) is 2.89. The molecule has 2 rings (SSSR count). The minimum absolute atomic E-state index is 0.304. The average molecular weight is 289 g/mol. The second-order valence-corrected chi connectivity index (χ2v) is 5.97. The Balaban J connectivity index is 2.32. The molecule has 0 fully saturated rings. The van der Waals surface area contributed by atoms with E-state index in [1.807, 2.05) is 12.1 Å². The van der Waals surface area contributed by atoms with Gasteiger partial charge in [-0.15, -0.1) is 11.3 Å². The molecule has 0 spiro atoms. The van der Waals surface area contributed by atoms with Crippen LogP contribution in [0.3, 0.4) is 0 Å². The molecular formula is C15H19N3OS. The third kappa shape index (κ3) is 3.11. The van der Waals surface area contributed by atoms with Crippen molar-refractivity contribution in [3.8, 4) is 0 Å². The lowest BCUT2D eigenvalue weighted by Gasteiger charge is -2.30. The molecule has 20 heavy (non-hydrogen) atoms. The van der Waals surface area contributed by atoms with E-state index in [1.165, 1.54) is 4.88 Å². The molecule has 4 N–H and O–H groups in total. The predicted octanol–water partition coefficient (Wildman–Crippen LogP) is 2.84. The van der Waals surface area contributed by atoms with Gasteiger partial charge in [-0.3, -0.25) is 4.79 Å². The lowest BCUT2D eigenvalue weighted by molar-refractivity contribution is 0.100. The quantitative estimate of drug-likeness (QED) is 0.831. The molecule has 106 valence electrons. The predicted molar refractivity (Wildman–Crippen MR) is 85.0 cm³/mol. The number of hydrogen-bond acceptors (Lipinski definition) is 4. The lowest BCUT2D eigenvalue weighted by atomic mass is 10.1. The first kappa shape index (κ1) is 14.4. The maximum Gasteiger partial charge on any atom is 0.248 e. The smallest absolute Gasteiger partial charge is 0.248 e. The van der Waals surface area contributed by atoms with Crippen LogP contribution in [0.4, 0.5) is 11.4 Å². The zero-order valence-electron chi connectivity index (χ0n) is 11.7. The molecule has 1 amide bonds. The third-order valence-electron chi connectivity index (χ3n) is 3.15. The molecule has 1 aromatic carbocycles. The van der Waals surface area contributed by atoms with Gasteiger partial charge in [-0.05, 0) is 43.5 Å². The van der Waals surface area contributed by atoms with Crippen LogP contribution in [0.25, 0.3) is 0 Å². The van der Waals surface area contributed by atoms with E-state index < -0.39 is 5.91 Å². The van der Waals surface area contributed by atoms with Gasteiger partial charge in [0.2, 0.25) is 5.91 Å². The molecule has 4 nitrogen and oxygen atoms in total. The van der Waals surface area contributed by atoms with Crippen LogP contribution in [0.2, 0.25) is 0 Å². The number of amides is 1. The highest BCUT2D eigenvalue weighted by atomic mass is 32.1. The van der Waals surface area contributed by atoms with Gasteiger partial charge in [0.25, 0.3) is 0 Å². The maximum absolute atomic E-state index is 11.2. The van der Waals surface area contributed by atoms with Crippen molar-refractivity contribution in [2.75, 3.05) is 10.6 Å². The maximum atomic E-state index is 11.2. The summed E-state index contributed by atoms with van der Waals surface area (Å²) in [6.45, 7) is 5.04. The van der Waals surface area contributed by atoms with Crippen LogP contribution in [-0.4, -0.2) is 11.9 Å². The molecule has 0 unspecified atom stereocenters. The highest BCUT2D eigenvalue weighted by molar-refractivity contribution is 7.09. The Morgan fingerprint density at radius 2 is 2.10 bits per heavy atom. The van der Waals surface area contributed by atoms with Gasteiger partial charge in [-0.2, -0.15) is 0 Å². The van der Waals surface area contributed by atoms with E-state index in [4.69, 9.17) is 11.5 Å². The molecule has 0 saturated carbocycles. The number of nitrogens with zero attached hydrogens (tertiary/aromatic N) is 1. The van der Waals surface area contributed by atoms with Crippen LogP contribution in [0.5, 0.6) is 0 Å². The van der Waals surface area contributed by atoms with Gasteiger partial charge in [0.05, 0.1) is 17.9 Å². The summed E-state index contributed by atoms with van der Waals surface area (Å²) in [7, 11) is 0. The van der Waals surface area contributed by atoms with Crippen LogP contribution < -0.4 is 16.4 Å². The van der Waals surface area contributed by atoms with E-state index in [1.54, 1.807) is 23.5 Å². The van der Waals surface area contributed by atoms with E-state index in [0.717, 1.165) is 12.2 Å². The van der Waals surface area contributed by atoms with Crippen LogP contribution in [-0.2, 0) is 6.54 Å². The standard InChI is InChI=1S/C15H19N3OS/c1-10(2)18(9-12-4-3-7-20-12)14-6-5-11(15(17)19)8-13(14)16/h3-8,10H,9,16H2,1-2H3,(H2,17,19). The van der Waals surface area contributed by atoms with Crippen LogP contribution >= 0.6 is 11.3 Å². The molecule has 0 aliphatic carbocycles. The Labute approximate surface area is 123 Å². The lowest BCUT2D eigenvalue weighted by Crippen LogP contribution is -2.30. The van der Waals surface area contributed by atoms with E-state index in [0.29, 0.717) is 17.3 Å². The summed E-state index contributed by atoms with van der Waals surface area (Å²) in [5.41, 5.74) is 13.3. The van der Waals surface area contributed by atoms with Crippen molar-refractivity contribution in [2.45, 2.75) is 26.4 Å². The molecule has 1 heterocycles. The summed E-state index contributed by atoms with van der Waals surface area (Å²) in [6, 6.07) is 9.67. The van der Waals surface area contributed by atoms with Crippen molar-refractivity contribution in [2.24, 2.45) is 5.73 Å². The van der Waals surface area contributed by atoms with E-state index in [9.17, 15) is 4.79 Å². The second kappa shape index (κ2) is 5.96. The fraction of sp³-hybridized carbons (Fsp3) is 0.267. The topological polar surface area (TPSA) is 72.3 Å². The highest BCUT2D eigenvalue weighted by Crippen LogP contribution is 2.28. The van der Waals surface area contributed by atoms with Gasteiger partial charge in [0.15, 0.2) is 0 Å². The van der Waals surface area contributed by atoms with Gasteiger partial charge in [0, 0.05) is 16.5 Å². The molecule has 0 aliphatic rings. The Morgan fingerprint density at radius 3 is 2.60 bits per heavy atom. The normalized spacial score (nSPS) is 10.8. The molecule has 0 saturated heterocycles. The van der Waals surface area contributed by atoms with Crippen molar-refractivity contribution < 1.29 is 4.79 Å². The van der Waals surface area contributed by atoms with Gasteiger partial charge in [-0.1, -0.05) is 6.07 Å². The van der Waals surface area contributed by atoms with Crippen molar-refractivity contribution in [3.05, 3.63) is 46.2 Å². The van der Waals surface area contributed by atoms with Gasteiger partial charge >= 0.3 is 0 Å². The molecule has 0 atom stereocenters. The zero-order valence-corrected chi connectivity index (χ0v) is 12.5. The fourth-order valence-electron chi connectivity index (χ4n) is 2.09.